The van der Waals surface area contributed by atoms with Crippen LogP contribution in [-0.2, 0) is 16.1 Å². The topological polar surface area (TPSA) is 101 Å². The fourth-order valence-corrected chi connectivity index (χ4v) is 3.09. The Balaban J connectivity index is 1.56. The molecular formula is C22H27F3N6O3. The third-order valence-corrected chi connectivity index (χ3v) is 4.69. The number of hydrogen-bond acceptors (Lipinski definition) is 6. The van der Waals surface area contributed by atoms with Crippen LogP contribution in [0.2, 0.25) is 0 Å². The van der Waals surface area contributed by atoms with Gasteiger partial charge >= 0.3 is 12.2 Å². The smallest absolute Gasteiger partial charge is 0.383 e. The number of ether oxygens (including phenoxy) is 1. The van der Waals surface area contributed by atoms with E-state index in [-0.39, 0.29) is 0 Å². The molecule has 0 radical (unpaired) electrons. The van der Waals surface area contributed by atoms with Gasteiger partial charge in [-0.2, -0.15) is 18.7 Å². The maximum absolute atomic E-state index is 12.3. The summed E-state index contributed by atoms with van der Waals surface area (Å²) >= 11 is 0. The highest BCUT2D eigenvalue weighted by Crippen LogP contribution is 2.24. The molecule has 184 valence electrons. The molecule has 4 N–H and O–H groups in total. The summed E-state index contributed by atoms with van der Waals surface area (Å²) in [6, 6.07) is 9.71. The number of alkyl halides is 3. The number of pyridine rings is 1. The Kier molecular flexibility index (Phi) is 9.22. The van der Waals surface area contributed by atoms with Gasteiger partial charge in [0.05, 0.1) is 25.1 Å². The number of rotatable bonds is 12. The van der Waals surface area contributed by atoms with Crippen LogP contribution in [0.3, 0.4) is 0 Å². The molecule has 1 aromatic carbocycles. The van der Waals surface area contributed by atoms with Crippen molar-refractivity contribution in [1.82, 2.24) is 25.5 Å². The fraction of sp³-hybridized carbons (Fsp3) is 0.364. The number of carbonyl (C=O) groups is 1. The number of fused-ring (bicyclic) bond motifs is 1. The van der Waals surface area contributed by atoms with E-state index < -0.39 is 18.8 Å². The molecule has 3 rings (SSSR count). The molecule has 0 atom stereocenters. The standard InChI is InChI=1S/C22H27F3N6O3/c1-33-9-6-26-7-10-34-29-13-16-5-8-31-19(14-27-20(31)11-16)17-3-2-4-18(12-17)30-21(32)28-15-22(23,24)25/h2-5,8,11-12,14,26,29H,6-7,9-10,13,15H2,1H3,(H2,28,30,32). The monoisotopic (exact) mass is 480 g/mol. The lowest BCUT2D eigenvalue weighted by Crippen LogP contribution is -2.36. The Morgan fingerprint density at radius 1 is 1.15 bits per heavy atom. The number of amides is 2. The third kappa shape index (κ3) is 7.99. The molecule has 0 spiro atoms. The first-order chi connectivity index (χ1) is 16.4. The highest BCUT2D eigenvalue weighted by molar-refractivity contribution is 5.90. The first-order valence-corrected chi connectivity index (χ1v) is 10.6. The van der Waals surface area contributed by atoms with Crippen LogP contribution < -0.4 is 21.4 Å². The Hall–Kier alpha value is -3.19. The van der Waals surface area contributed by atoms with Gasteiger partial charge in [-0.25, -0.2) is 9.78 Å². The third-order valence-electron chi connectivity index (χ3n) is 4.69. The minimum absolute atomic E-state index is 0.363. The largest absolute Gasteiger partial charge is 0.405 e. The van der Waals surface area contributed by atoms with E-state index in [0.717, 1.165) is 29.0 Å². The van der Waals surface area contributed by atoms with E-state index in [4.69, 9.17) is 9.57 Å². The van der Waals surface area contributed by atoms with Crippen LogP contribution in [0.15, 0.2) is 48.8 Å². The lowest BCUT2D eigenvalue weighted by molar-refractivity contribution is -0.122. The van der Waals surface area contributed by atoms with Crippen LogP contribution in [0.5, 0.6) is 0 Å². The zero-order chi connectivity index (χ0) is 24.4. The van der Waals surface area contributed by atoms with Crippen molar-refractivity contribution in [3.8, 4) is 11.3 Å². The number of carbonyl (C=O) groups excluding carboxylic acids is 1. The average Bonchev–Trinajstić information content (AvgIpc) is 3.22. The predicted molar refractivity (Wildman–Crippen MR) is 121 cm³/mol. The van der Waals surface area contributed by atoms with Gasteiger partial charge in [-0.1, -0.05) is 12.1 Å². The SMILES string of the molecule is COCCNCCONCc1ccn2c(-c3cccc(NC(=O)NCC(F)(F)F)c3)cnc2c1. The second-order valence-electron chi connectivity index (χ2n) is 7.32. The molecule has 2 amide bonds. The van der Waals surface area contributed by atoms with Gasteiger partial charge in [0.15, 0.2) is 0 Å². The number of nitrogens with zero attached hydrogens (tertiary/aromatic N) is 2. The van der Waals surface area contributed by atoms with Crippen LogP contribution in [-0.4, -0.2) is 61.5 Å². The number of imidazole rings is 1. The average molecular weight is 480 g/mol. The summed E-state index contributed by atoms with van der Waals surface area (Å²) in [5.41, 5.74) is 6.50. The van der Waals surface area contributed by atoms with Crippen LogP contribution in [0.1, 0.15) is 5.56 Å². The molecule has 0 saturated carbocycles. The molecule has 9 nitrogen and oxygen atoms in total. The maximum atomic E-state index is 12.3. The van der Waals surface area contributed by atoms with Crippen molar-refractivity contribution in [2.75, 3.05) is 45.3 Å². The number of methoxy groups -OCH3 is 1. The maximum Gasteiger partial charge on any atom is 0.405 e. The normalized spacial score (nSPS) is 11.6. The molecule has 34 heavy (non-hydrogen) atoms. The van der Waals surface area contributed by atoms with Crippen molar-refractivity contribution in [3.63, 3.8) is 0 Å². The van der Waals surface area contributed by atoms with Crippen molar-refractivity contribution >= 4 is 17.4 Å². The number of anilines is 1. The highest BCUT2D eigenvalue weighted by atomic mass is 19.4. The number of halogens is 3. The Bertz CT molecular complexity index is 1070. The summed E-state index contributed by atoms with van der Waals surface area (Å²) < 4.78 is 43.6. The summed E-state index contributed by atoms with van der Waals surface area (Å²) in [4.78, 5) is 21.6. The van der Waals surface area contributed by atoms with Gasteiger partial charge in [0, 0.05) is 44.2 Å². The van der Waals surface area contributed by atoms with Crippen LogP contribution in [0.4, 0.5) is 23.7 Å². The molecule has 0 fully saturated rings. The minimum Gasteiger partial charge on any atom is -0.383 e. The van der Waals surface area contributed by atoms with E-state index >= 15 is 0 Å². The molecule has 12 heteroatoms. The number of nitrogens with one attached hydrogen (secondary N) is 4. The second-order valence-corrected chi connectivity index (χ2v) is 7.32. The van der Waals surface area contributed by atoms with Crippen molar-refractivity contribution in [3.05, 3.63) is 54.4 Å². The Labute approximate surface area is 194 Å². The summed E-state index contributed by atoms with van der Waals surface area (Å²) in [6.07, 6.45) is -0.911. The minimum atomic E-state index is -4.47. The van der Waals surface area contributed by atoms with E-state index in [0.29, 0.717) is 32.0 Å². The summed E-state index contributed by atoms with van der Waals surface area (Å²) in [5, 5.41) is 7.37. The van der Waals surface area contributed by atoms with Crippen LogP contribution in [0, 0.1) is 0 Å². The molecule has 0 saturated heterocycles. The predicted octanol–water partition coefficient (Wildman–Crippen LogP) is 2.94. The van der Waals surface area contributed by atoms with Gasteiger partial charge in [-0.05, 0) is 29.8 Å². The van der Waals surface area contributed by atoms with Gasteiger partial charge in [0.1, 0.15) is 12.2 Å². The zero-order valence-electron chi connectivity index (χ0n) is 18.6. The van der Waals surface area contributed by atoms with Gasteiger partial charge in [0.25, 0.3) is 0 Å². The highest BCUT2D eigenvalue weighted by Gasteiger charge is 2.27. The second kappa shape index (κ2) is 12.3. The lowest BCUT2D eigenvalue weighted by atomic mass is 10.1. The summed E-state index contributed by atoms with van der Waals surface area (Å²) in [5.74, 6) is 0. The van der Waals surface area contributed by atoms with Crippen molar-refractivity contribution in [2.24, 2.45) is 0 Å². The fourth-order valence-electron chi connectivity index (χ4n) is 3.09. The van der Waals surface area contributed by atoms with Crippen LogP contribution >= 0.6 is 0 Å². The quantitative estimate of drug-likeness (QED) is 0.235. The Morgan fingerprint density at radius 2 is 1.97 bits per heavy atom. The number of hydroxylamine groups is 1. The van der Waals surface area contributed by atoms with Crippen molar-refractivity contribution < 1.29 is 27.5 Å². The zero-order valence-corrected chi connectivity index (χ0v) is 18.6. The van der Waals surface area contributed by atoms with E-state index in [1.54, 1.807) is 36.8 Å². The molecule has 3 aromatic rings. The van der Waals surface area contributed by atoms with Gasteiger partial charge < -0.3 is 25.5 Å². The van der Waals surface area contributed by atoms with Gasteiger partial charge in [0.2, 0.25) is 0 Å². The van der Waals surface area contributed by atoms with E-state index in [1.807, 2.05) is 28.8 Å². The van der Waals surface area contributed by atoms with Crippen LogP contribution in [0.25, 0.3) is 16.9 Å². The van der Waals surface area contributed by atoms with E-state index in [1.165, 1.54) is 0 Å². The molecule has 0 aliphatic carbocycles. The van der Waals surface area contributed by atoms with Crippen molar-refractivity contribution in [2.45, 2.75) is 12.7 Å². The summed E-state index contributed by atoms with van der Waals surface area (Å²) in [6.45, 7) is 1.73. The van der Waals surface area contributed by atoms with E-state index in [2.05, 4.69) is 21.1 Å². The molecular weight excluding hydrogens is 453 g/mol. The molecule has 2 aromatic heterocycles. The lowest BCUT2D eigenvalue weighted by Gasteiger charge is -2.11. The van der Waals surface area contributed by atoms with Gasteiger partial charge in [-0.15, -0.1) is 0 Å². The molecule has 2 heterocycles. The molecule has 0 aliphatic heterocycles. The number of benzene rings is 1. The Morgan fingerprint density at radius 3 is 2.76 bits per heavy atom. The van der Waals surface area contributed by atoms with E-state index in [9.17, 15) is 18.0 Å². The molecule has 0 unspecified atom stereocenters. The molecule has 0 bridgehead atoms. The number of urea groups is 1. The first kappa shape index (κ1) is 25.4. The van der Waals surface area contributed by atoms with Gasteiger partial charge in [-0.3, -0.25) is 4.40 Å². The number of aromatic nitrogens is 2. The molecule has 0 aliphatic rings. The first-order valence-electron chi connectivity index (χ1n) is 10.6. The number of hydrogen-bond donors (Lipinski definition) is 4. The summed E-state index contributed by atoms with van der Waals surface area (Å²) in [7, 11) is 1.65. The van der Waals surface area contributed by atoms with Crippen molar-refractivity contribution in [1.29, 1.82) is 0 Å².